The van der Waals surface area contributed by atoms with Gasteiger partial charge < -0.3 is 5.11 Å². The summed E-state index contributed by atoms with van der Waals surface area (Å²) in [6.45, 7) is 2.25. The molecule has 1 fully saturated rings. The first-order valence-electron chi connectivity index (χ1n) is 9.60. The summed E-state index contributed by atoms with van der Waals surface area (Å²) in [5, 5.41) is 14.2. The summed E-state index contributed by atoms with van der Waals surface area (Å²) < 4.78 is 31.6. The molecule has 2 heterocycles. The SMILES string of the molecule is OCC1CCCN(Cn2nc(-c3ccccc3)n(-c3ccc(F)cc3F)c2=S)C1. The Bertz CT molecular complexity index is 1050. The molecule has 1 aliphatic rings. The maximum absolute atomic E-state index is 14.6. The summed E-state index contributed by atoms with van der Waals surface area (Å²) in [7, 11) is 0. The van der Waals surface area contributed by atoms with Gasteiger partial charge in [-0.1, -0.05) is 30.3 Å². The van der Waals surface area contributed by atoms with E-state index >= 15 is 0 Å². The highest BCUT2D eigenvalue weighted by Crippen LogP contribution is 2.25. The molecule has 0 amide bonds. The molecular weight excluding hydrogens is 394 g/mol. The van der Waals surface area contributed by atoms with Gasteiger partial charge >= 0.3 is 0 Å². The van der Waals surface area contributed by atoms with E-state index in [0.717, 1.165) is 37.6 Å². The zero-order chi connectivity index (χ0) is 20.4. The number of benzene rings is 2. The molecule has 2 aromatic carbocycles. The lowest BCUT2D eigenvalue weighted by Crippen LogP contribution is -2.38. The Hall–Kier alpha value is -2.42. The van der Waals surface area contributed by atoms with Gasteiger partial charge in [-0.25, -0.2) is 13.5 Å². The molecule has 1 N–H and O–H groups in total. The Morgan fingerprint density at radius 2 is 1.93 bits per heavy atom. The maximum atomic E-state index is 14.6. The molecule has 1 aliphatic heterocycles. The highest BCUT2D eigenvalue weighted by Gasteiger charge is 2.22. The molecule has 0 aliphatic carbocycles. The van der Waals surface area contributed by atoms with Gasteiger partial charge in [-0.15, -0.1) is 5.10 Å². The maximum Gasteiger partial charge on any atom is 0.204 e. The van der Waals surface area contributed by atoms with Crippen LogP contribution < -0.4 is 0 Å². The lowest BCUT2D eigenvalue weighted by atomic mass is 10.00. The van der Waals surface area contributed by atoms with Gasteiger partial charge in [-0.3, -0.25) is 9.47 Å². The smallest absolute Gasteiger partial charge is 0.204 e. The van der Waals surface area contributed by atoms with E-state index in [2.05, 4.69) is 10.00 Å². The summed E-state index contributed by atoms with van der Waals surface area (Å²) in [4.78, 5) is 2.19. The lowest BCUT2D eigenvalue weighted by molar-refractivity contribution is 0.0939. The average molecular weight is 416 g/mol. The average Bonchev–Trinajstić information content (AvgIpc) is 3.05. The molecule has 3 aromatic rings. The fraction of sp³-hybridized carbons (Fsp3) is 0.333. The van der Waals surface area contributed by atoms with Gasteiger partial charge in [0.25, 0.3) is 0 Å². The second kappa shape index (κ2) is 8.52. The first-order chi connectivity index (χ1) is 14.1. The van der Waals surface area contributed by atoms with Crippen LogP contribution in [0.3, 0.4) is 0 Å². The van der Waals surface area contributed by atoms with Crippen LogP contribution in [0, 0.1) is 22.3 Å². The van der Waals surface area contributed by atoms with Crippen molar-refractivity contribution in [2.24, 2.45) is 5.92 Å². The number of aliphatic hydroxyl groups is 1. The van der Waals surface area contributed by atoms with E-state index in [1.165, 1.54) is 12.1 Å². The zero-order valence-corrected chi connectivity index (χ0v) is 16.7. The van der Waals surface area contributed by atoms with E-state index in [4.69, 9.17) is 12.2 Å². The number of aliphatic hydroxyl groups excluding tert-OH is 1. The Labute approximate surface area is 172 Å². The quantitative estimate of drug-likeness (QED) is 0.639. The second-order valence-electron chi connectivity index (χ2n) is 7.31. The highest BCUT2D eigenvalue weighted by molar-refractivity contribution is 7.71. The van der Waals surface area contributed by atoms with E-state index in [0.29, 0.717) is 17.3 Å². The van der Waals surface area contributed by atoms with E-state index in [1.807, 2.05) is 30.3 Å². The molecule has 0 spiro atoms. The van der Waals surface area contributed by atoms with Crippen molar-refractivity contribution in [2.45, 2.75) is 19.5 Å². The Morgan fingerprint density at radius 3 is 2.66 bits per heavy atom. The number of rotatable bonds is 5. The topological polar surface area (TPSA) is 46.2 Å². The van der Waals surface area contributed by atoms with Crippen LogP contribution >= 0.6 is 12.2 Å². The van der Waals surface area contributed by atoms with E-state index in [1.54, 1.807) is 9.25 Å². The second-order valence-corrected chi connectivity index (χ2v) is 7.68. The molecule has 29 heavy (non-hydrogen) atoms. The minimum absolute atomic E-state index is 0.159. The molecule has 152 valence electrons. The van der Waals surface area contributed by atoms with Crippen molar-refractivity contribution < 1.29 is 13.9 Å². The van der Waals surface area contributed by atoms with Crippen LogP contribution in [0.2, 0.25) is 0 Å². The highest BCUT2D eigenvalue weighted by atomic mass is 32.1. The van der Waals surface area contributed by atoms with Gasteiger partial charge in [0.15, 0.2) is 5.82 Å². The minimum atomic E-state index is -0.698. The predicted octanol–water partition coefficient (Wildman–Crippen LogP) is 4.01. The molecule has 0 radical (unpaired) electrons. The van der Waals surface area contributed by atoms with Crippen molar-refractivity contribution in [1.82, 2.24) is 19.2 Å². The number of halogens is 2. The fourth-order valence-corrected chi connectivity index (χ4v) is 4.06. The molecular formula is C21H22F2N4OS. The van der Waals surface area contributed by atoms with Gasteiger partial charge in [0.1, 0.15) is 11.6 Å². The summed E-state index contributed by atoms with van der Waals surface area (Å²) in [5.74, 6) is -0.606. The number of likely N-dealkylation sites (tertiary alicyclic amines) is 1. The van der Waals surface area contributed by atoms with Crippen molar-refractivity contribution in [3.63, 3.8) is 0 Å². The predicted molar refractivity (Wildman–Crippen MR) is 109 cm³/mol. The first kappa shape index (κ1) is 19.9. The van der Waals surface area contributed by atoms with Gasteiger partial charge in [0.2, 0.25) is 4.77 Å². The zero-order valence-electron chi connectivity index (χ0n) is 15.8. The van der Waals surface area contributed by atoms with Gasteiger partial charge in [-0.2, -0.15) is 0 Å². The van der Waals surface area contributed by atoms with Gasteiger partial charge in [0.05, 0.1) is 12.4 Å². The number of hydrogen-bond donors (Lipinski definition) is 1. The van der Waals surface area contributed by atoms with Crippen LogP contribution in [-0.2, 0) is 6.67 Å². The van der Waals surface area contributed by atoms with Crippen molar-refractivity contribution in [2.75, 3.05) is 19.7 Å². The van der Waals surface area contributed by atoms with Crippen LogP contribution in [0.25, 0.3) is 17.1 Å². The molecule has 1 atom stereocenters. The number of hydrogen-bond acceptors (Lipinski definition) is 4. The van der Waals surface area contributed by atoms with Crippen LogP contribution in [0.15, 0.2) is 48.5 Å². The Morgan fingerprint density at radius 1 is 1.14 bits per heavy atom. The molecule has 1 saturated heterocycles. The molecule has 4 rings (SSSR count). The summed E-state index contributed by atoms with van der Waals surface area (Å²) in [6.07, 6.45) is 2.00. The van der Waals surface area contributed by atoms with Gasteiger partial charge in [-0.05, 0) is 49.7 Å². The lowest BCUT2D eigenvalue weighted by Gasteiger charge is -2.31. The van der Waals surface area contributed by atoms with Crippen LogP contribution in [0.1, 0.15) is 12.8 Å². The minimum Gasteiger partial charge on any atom is -0.396 e. The summed E-state index contributed by atoms with van der Waals surface area (Å²) >= 11 is 5.64. The van der Waals surface area contributed by atoms with Crippen LogP contribution in [0.5, 0.6) is 0 Å². The molecule has 1 unspecified atom stereocenters. The molecule has 1 aromatic heterocycles. The number of piperidine rings is 1. The number of nitrogens with zero attached hydrogens (tertiary/aromatic N) is 4. The van der Waals surface area contributed by atoms with E-state index in [9.17, 15) is 13.9 Å². The van der Waals surface area contributed by atoms with Crippen molar-refractivity contribution in [3.05, 3.63) is 64.9 Å². The van der Waals surface area contributed by atoms with Crippen molar-refractivity contribution in [3.8, 4) is 17.1 Å². The summed E-state index contributed by atoms with van der Waals surface area (Å²) in [6, 6.07) is 12.8. The van der Waals surface area contributed by atoms with E-state index in [-0.39, 0.29) is 18.2 Å². The fourth-order valence-electron chi connectivity index (χ4n) is 3.77. The van der Waals surface area contributed by atoms with Gasteiger partial charge in [0, 0.05) is 24.8 Å². The molecule has 5 nitrogen and oxygen atoms in total. The van der Waals surface area contributed by atoms with Crippen molar-refractivity contribution >= 4 is 12.2 Å². The third-order valence-electron chi connectivity index (χ3n) is 5.22. The van der Waals surface area contributed by atoms with Crippen molar-refractivity contribution in [1.29, 1.82) is 0 Å². The monoisotopic (exact) mass is 416 g/mol. The molecule has 8 heteroatoms. The third-order valence-corrected chi connectivity index (χ3v) is 5.61. The van der Waals surface area contributed by atoms with Crippen LogP contribution in [-0.4, -0.2) is 44.1 Å². The normalized spacial score (nSPS) is 17.6. The first-order valence-corrected chi connectivity index (χ1v) is 10.0. The molecule has 0 saturated carbocycles. The van der Waals surface area contributed by atoms with E-state index < -0.39 is 11.6 Å². The number of aromatic nitrogens is 3. The van der Waals surface area contributed by atoms with Crippen LogP contribution in [0.4, 0.5) is 8.78 Å². The Balaban J connectivity index is 1.78. The largest absolute Gasteiger partial charge is 0.396 e. The third kappa shape index (κ3) is 4.14. The molecule has 0 bridgehead atoms. The summed E-state index contributed by atoms with van der Waals surface area (Å²) in [5.41, 5.74) is 0.946. The Kier molecular flexibility index (Phi) is 5.84. The standard InChI is InChI=1S/C21H22F2N4OS/c22-17-8-9-19(18(23)11-17)27-20(16-6-2-1-3-7-16)24-26(21(27)29)14-25-10-4-5-15(12-25)13-28/h1-3,6-9,11,15,28H,4-5,10,12-14H2.